The molecule has 2 amide bonds. The Morgan fingerprint density at radius 3 is 2.61 bits per heavy atom. The van der Waals surface area contributed by atoms with Crippen molar-refractivity contribution < 1.29 is 14.0 Å². The van der Waals surface area contributed by atoms with Gasteiger partial charge in [0.25, 0.3) is 11.5 Å². The Morgan fingerprint density at radius 1 is 1.14 bits per heavy atom. The minimum absolute atomic E-state index is 0.0382. The average Bonchev–Trinajstić information content (AvgIpc) is 2.64. The van der Waals surface area contributed by atoms with Gasteiger partial charge in [0.15, 0.2) is 0 Å². The number of nitrogens with zero attached hydrogens (tertiary/aromatic N) is 1. The molecule has 0 spiro atoms. The SMILES string of the molecule is Cn1ccc(C(=O)N[C@@H]2CCC[C@@H](NC(=O)Cc3cccc(F)c3)C2)cc1=O. The van der Waals surface area contributed by atoms with Gasteiger partial charge in [0.05, 0.1) is 6.42 Å². The fourth-order valence-electron chi connectivity index (χ4n) is 3.52. The van der Waals surface area contributed by atoms with Crippen LogP contribution >= 0.6 is 0 Å². The van der Waals surface area contributed by atoms with Crippen molar-refractivity contribution in [3.8, 4) is 0 Å². The Balaban J connectivity index is 1.53. The number of hydrogen-bond donors (Lipinski definition) is 2. The van der Waals surface area contributed by atoms with E-state index in [1.54, 1.807) is 31.4 Å². The van der Waals surface area contributed by atoms with Gasteiger partial charge in [-0.25, -0.2) is 4.39 Å². The number of hydrogen-bond acceptors (Lipinski definition) is 3. The summed E-state index contributed by atoms with van der Waals surface area (Å²) in [6, 6.07) is 8.83. The molecule has 1 aromatic carbocycles. The lowest BCUT2D eigenvalue weighted by Gasteiger charge is -2.30. The van der Waals surface area contributed by atoms with Gasteiger partial charge < -0.3 is 15.2 Å². The normalized spacial score (nSPS) is 19.1. The standard InChI is InChI=1S/C21H24FN3O3/c1-25-9-8-15(12-20(25)27)21(28)24-18-7-3-6-17(13-18)23-19(26)11-14-4-2-5-16(22)10-14/h2,4-5,8-10,12,17-18H,3,6-7,11,13H2,1H3,(H,23,26)(H,24,28)/t17-,18-/m1/s1. The molecular weight excluding hydrogens is 361 g/mol. The summed E-state index contributed by atoms with van der Waals surface area (Å²) < 4.78 is 14.6. The van der Waals surface area contributed by atoms with Crippen LogP contribution in [0.2, 0.25) is 0 Å². The number of rotatable bonds is 5. The molecule has 0 saturated heterocycles. The molecule has 28 heavy (non-hydrogen) atoms. The molecule has 1 aromatic heterocycles. The van der Waals surface area contributed by atoms with Crippen molar-refractivity contribution in [3.05, 3.63) is 69.9 Å². The van der Waals surface area contributed by atoms with E-state index in [0.717, 1.165) is 19.3 Å². The molecule has 0 bridgehead atoms. The van der Waals surface area contributed by atoms with Gasteiger partial charge in [-0.3, -0.25) is 14.4 Å². The van der Waals surface area contributed by atoms with Gasteiger partial charge >= 0.3 is 0 Å². The highest BCUT2D eigenvalue weighted by atomic mass is 19.1. The lowest BCUT2D eigenvalue weighted by atomic mass is 9.90. The maximum atomic E-state index is 13.2. The molecule has 7 heteroatoms. The van der Waals surface area contributed by atoms with Crippen molar-refractivity contribution in [2.45, 2.75) is 44.2 Å². The maximum absolute atomic E-state index is 13.2. The predicted molar refractivity (Wildman–Crippen MR) is 103 cm³/mol. The Kier molecular flexibility index (Phi) is 6.23. The number of carbonyl (C=O) groups is 2. The highest BCUT2D eigenvalue weighted by molar-refractivity contribution is 5.94. The molecule has 0 radical (unpaired) electrons. The first-order chi connectivity index (χ1) is 13.4. The molecule has 2 atom stereocenters. The zero-order valence-electron chi connectivity index (χ0n) is 15.8. The molecule has 1 aliphatic carbocycles. The summed E-state index contributed by atoms with van der Waals surface area (Å²) >= 11 is 0. The number of amides is 2. The number of carbonyl (C=O) groups excluding carboxylic acids is 2. The van der Waals surface area contributed by atoms with Crippen LogP contribution in [-0.2, 0) is 18.3 Å². The Morgan fingerprint density at radius 2 is 1.89 bits per heavy atom. The van der Waals surface area contributed by atoms with Crippen molar-refractivity contribution in [2.24, 2.45) is 7.05 Å². The predicted octanol–water partition coefficient (Wildman–Crippen LogP) is 1.92. The van der Waals surface area contributed by atoms with Gasteiger partial charge in [0, 0.05) is 37.0 Å². The first kappa shape index (κ1) is 19.8. The van der Waals surface area contributed by atoms with E-state index < -0.39 is 0 Å². The monoisotopic (exact) mass is 385 g/mol. The quantitative estimate of drug-likeness (QED) is 0.825. The van der Waals surface area contributed by atoms with E-state index in [2.05, 4.69) is 10.6 Å². The van der Waals surface area contributed by atoms with Gasteiger partial charge in [-0.1, -0.05) is 12.1 Å². The number of aryl methyl sites for hydroxylation is 1. The molecule has 1 fully saturated rings. The summed E-state index contributed by atoms with van der Waals surface area (Å²) in [5.41, 5.74) is 0.725. The average molecular weight is 385 g/mol. The smallest absolute Gasteiger partial charge is 0.251 e. The summed E-state index contributed by atoms with van der Waals surface area (Å²) in [5, 5.41) is 5.93. The van der Waals surface area contributed by atoms with Crippen LogP contribution < -0.4 is 16.2 Å². The number of benzene rings is 1. The second-order valence-corrected chi connectivity index (χ2v) is 7.27. The zero-order valence-corrected chi connectivity index (χ0v) is 15.8. The fraction of sp³-hybridized carbons (Fsp3) is 0.381. The number of pyridine rings is 1. The van der Waals surface area contributed by atoms with Crippen molar-refractivity contribution >= 4 is 11.8 Å². The molecular formula is C21H24FN3O3. The molecule has 1 aliphatic rings. The minimum Gasteiger partial charge on any atom is -0.353 e. The third-order valence-electron chi connectivity index (χ3n) is 4.99. The van der Waals surface area contributed by atoms with Crippen LogP contribution in [-0.4, -0.2) is 28.5 Å². The molecule has 2 aromatic rings. The zero-order chi connectivity index (χ0) is 20.1. The fourth-order valence-corrected chi connectivity index (χ4v) is 3.52. The van der Waals surface area contributed by atoms with Gasteiger partial charge in [-0.15, -0.1) is 0 Å². The van der Waals surface area contributed by atoms with Crippen LogP contribution in [0.15, 0.2) is 47.4 Å². The lowest BCUT2D eigenvalue weighted by molar-refractivity contribution is -0.121. The van der Waals surface area contributed by atoms with Crippen LogP contribution in [0, 0.1) is 5.82 Å². The van der Waals surface area contributed by atoms with Gasteiger partial charge in [-0.2, -0.15) is 0 Å². The largest absolute Gasteiger partial charge is 0.353 e. The van der Waals surface area contributed by atoms with Crippen molar-refractivity contribution in [3.63, 3.8) is 0 Å². The van der Waals surface area contributed by atoms with Crippen molar-refractivity contribution in [1.82, 2.24) is 15.2 Å². The summed E-state index contributed by atoms with van der Waals surface area (Å²) in [4.78, 5) is 36.3. The molecule has 6 nitrogen and oxygen atoms in total. The van der Waals surface area contributed by atoms with E-state index in [0.29, 0.717) is 17.5 Å². The second-order valence-electron chi connectivity index (χ2n) is 7.27. The molecule has 0 unspecified atom stereocenters. The summed E-state index contributed by atoms with van der Waals surface area (Å²) in [6.45, 7) is 0. The van der Waals surface area contributed by atoms with Gasteiger partial charge in [0.2, 0.25) is 5.91 Å². The third kappa shape index (κ3) is 5.28. The van der Waals surface area contributed by atoms with Crippen LogP contribution in [0.3, 0.4) is 0 Å². The Labute approximate surface area is 162 Å². The second kappa shape index (κ2) is 8.82. The van der Waals surface area contributed by atoms with E-state index in [1.807, 2.05) is 0 Å². The molecule has 2 N–H and O–H groups in total. The number of nitrogens with one attached hydrogen (secondary N) is 2. The highest BCUT2D eigenvalue weighted by Crippen LogP contribution is 2.19. The van der Waals surface area contributed by atoms with Gasteiger partial charge in [-0.05, 0) is 49.4 Å². The van der Waals surface area contributed by atoms with Crippen LogP contribution in [0.25, 0.3) is 0 Å². The van der Waals surface area contributed by atoms with E-state index in [4.69, 9.17) is 0 Å². The third-order valence-corrected chi connectivity index (χ3v) is 4.99. The van der Waals surface area contributed by atoms with Crippen molar-refractivity contribution in [2.75, 3.05) is 0 Å². The lowest BCUT2D eigenvalue weighted by Crippen LogP contribution is -2.46. The van der Waals surface area contributed by atoms with E-state index in [1.165, 1.54) is 22.8 Å². The number of halogens is 1. The van der Waals surface area contributed by atoms with Crippen LogP contribution in [0.5, 0.6) is 0 Å². The molecule has 1 heterocycles. The molecule has 3 rings (SSSR count). The molecule has 148 valence electrons. The Bertz CT molecular complexity index is 925. The topological polar surface area (TPSA) is 80.2 Å². The summed E-state index contributed by atoms with van der Waals surface area (Å²) in [7, 11) is 1.63. The van der Waals surface area contributed by atoms with Crippen LogP contribution in [0.4, 0.5) is 4.39 Å². The molecule has 0 aliphatic heterocycles. The highest BCUT2D eigenvalue weighted by Gasteiger charge is 2.25. The van der Waals surface area contributed by atoms with E-state index in [-0.39, 0.29) is 41.7 Å². The first-order valence-corrected chi connectivity index (χ1v) is 9.42. The van der Waals surface area contributed by atoms with Crippen molar-refractivity contribution in [1.29, 1.82) is 0 Å². The first-order valence-electron chi connectivity index (χ1n) is 9.42. The summed E-state index contributed by atoms with van der Waals surface area (Å²) in [6.07, 6.45) is 4.87. The molecule has 1 saturated carbocycles. The van der Waals surface area contributed by atoms with Gasteiger partial charge in [0.1, 0.15) is 5.82 Å². The van der Waals surface area contributed by atoms with E-state index >= 15 is 0 Å². The minimum atomic E-state index is -0.360. The summed E-state index contributed by atoms with van der Waals surface area (Å²) in [5.74, 6) is -0.801. The maximum Gasteiger partial charge on any atom is 0.251 e. The number of aromatic nitrogens is 1. The Hall–Kier alpha value is -2.96. The van der Waals surface area contributed by atoms with Crippen LogP contribution in [0.1, 0.15) is 41.6 Å². The van der Waals surface area contributed by atoms with E-state index in [9.17, 15) is 18.8 Å².